The van der Waals surface area contributed by atoms with E-state index in [1.165, 1.54) is 0 Å². The van der Waals surface area contributed by atoms with E-state index in [-0.39, 0.29) is 0 Å². The minimum absolute atomic E-state index is 0.526. The fraction of sp³-hybridized carbons (Fsp3) is 0. The van der Waals surface area contributed by atoms with Crippen LogP contribution in [0.5, 0.6) is 0 Å². The van der Waals surface area contributed by atoms with E-state index in [4.69, 9.17) is 28.9 Å². The predicted molar refractivity (Wildman–Crippen MR) is 53.6 cm³/mol. The summed E-state index contributed by atoms with van der Waals surface area (Å²) in [6, 6.07) is 3.40. The van der Waals surface area contributed by atoms with Crippen LogP contribution in [0.4, 0.5) is 5.69 Å². The van der Waals surface area contributed by atoms with Crippen molar-refractivity contribution in [3.8, 4) is 0 Å². The third-order valence-corrected chi connectivity index (χ3v) is 2.83. The van der Waals surface area contributed by atoms with Gasteiger partial charge in [-0.15, -0.1) is 0 Å². The van der Waals surface area contributed by atoms with Crippen LogP contribution >= 0.6 is 45.8 Å². The molecule has 1 nitrogen and oxygen atoms in total. The molecule has 0 aromatic heterocycles. The summed E-state index contributed by atoms with van der Waals surface area (Å²) in [5, 5.41) is 1.19. The lowest BCUT2D eigenvalue weighted by atomic mass is 10.3. The van der Waals surface area contributed by atoms with Crippen molar-refractivity contribution in [3.05, 3.63) is 25.7 Å². The minimum atomic E-state index is 0.526. The van der Waals surface area contributed by atoms with Crippen molar-refractivity contribution < 1.29 is 0 Å². The largest absolute Gasteiger partial charge is 0.397 e. The van der Waals surface area contributed by atoms with Crippen molar-refractivity contribution in [1.29, 1.82) is 0 Å². The van der Waals surface area contributed by atoms with Crippen molar-refractivity contribution in [2.75, 3.05) is 5.73 Å². The van der Waals surface area contributed by atoms with Gasteiger partial charge in [0.25, 0.3) is 0 Å². The van der Waals surface area contributed by atoms with Gasteiger partial charge in [0.2, 0.25) is 0 Å². The second-order valence-corrected chi connectivity index (χ2v) is 3.77. The quantitative estimate of drug-likeness (QED) is 0.443. The average Bonchev–Trinajstić information content (AvgIpc) is 1.82. The van der Waals surface area contributed by atoms with Gasteiger partial charge in [0.1, 0.15) is 0 Å². The number of halogens is 3. The number of nitrogen functional groups attached to an aromatic ring is 1. The molecular formula is C6H4Cl2IN. The molecule has 10 heavy (non-hydrogen) atoms. The van der Waals surface area contributed by atoms with Crippen LogP contribution in [0, 0.1) is 3.57 Å². The molecule has 54 valence electrons. The lowest BCUT2D eigenvalue weighted by molar-refractivity contribution is 1.63. The zero-order valence-electron chi connectivity index (χ0n) is 4.87. The number of benzene rings is 1. The summed E-state index contributed by atoms with van der Waals surface area (Å²) in [7, 11) is 0. The first-order valence-electron chi connectivity index (χ1n) is 2.51. The third kappa shape index (κ3) is 1.68. The van der Waals surface area contributed by atoms with E-state index in [0.717, 1.165) is 3.57 Å². The van der Waals surface area contributed by atoms with Gasteiger partial charge in [-0.05, 0) is 34.7 Å². The Morgan fingerprint density at radius 2 is 1.90 bits per heavy atom. The van der Waals surface area contributed by atoms with Gasteiger partial charge in [-0.1, -0.05) is 23.2 Å². The lowest BCUT2D eigenvalue weighted by Crippen LogP contribution is -1.87. The number of rotatable bonds is 0. The Hall–Kier alpha value is 0.330. The Labute approximate surface area is 82.6 Å². The molecule has 1 aromatic rings. The monoisotopic (exact) mass is 287 g/mol. The van der Waals surface area contributed by atoms with Gasteiger partial charge in [0.15, 0.2) is 0 Å². The van der Waals surface area contributed by atoms with E-state index in [9.17, 15) is 0 Å². The average molecular weight is 288 g/mol. The smallest absolute Gasteiger partial charge is 0.0769 e. The van der Waals surface area contributed by atoms with Gasteiger partial charge in [-0.3, -0.25) is 0 Å². The van der Waals surface area contributed by atoms with Gasteiger partial charge in [-0.2, -0.15) is 0 Å². The standard InChI is InChI=1S/C6H4Cl2IN/c7-3-1-4(9)6(8)5(10)2-3/h1-2H,10H2. The van der Waals surface area contributed by atoms with Gasteiger partial charge < -0.3 is 5.73 Å². The van der Waals surface area contributed by atoms with Crippen LogP contribution in [-0.2, 0) is 0 Å². The van der Waals surface area contributed by atoms with Crippen molar-refractivity contribution in [2.24, 2.45) is 0 Å². The summed E-state index contributed by atoms with van der Waals surface area (Å²) >= 11 is 13.5. The maximum absolute atomic E-state index is 5.76. The maximum atomic E-state index is 5.76. The highest BCUT2D eigenvalue weighted by molar-refractivity contribution is 14.1. The first-order chi connectivity index (χ1) is 4.61. The summed E-state index contributed by atoms with van der Waals surface area (Å²) < 4.78 is 0.879. The third-order valence-electron chi connectivity index (χ3n) is 1.02. The lowest BCUT2D eigenvalue weighted by Gasteiger charge is -1.99. The van der Waals surface area contributed by atoms with Gasteiger partial charge in [-0.25, -0.2) is 0 Å². The van der Waals surface area contributed by atoms with E-state index < -0.39 is 0 Å². The number of nitrogens with two attached hydrogens (primary N) is 1. The van der Waals surface area contributed by atoms with Crippen LogP contribution in [0.1, 0.15) is 0 Å². The summed E-state index contributed by atoms with van der Waals surface area (Å²) in [6.45, 7) is 0. The number of anilines is 1. The Kier molecular flexibility index (Phi) is 2.66. The van der Waals surface area contributed by atoms with Gasteiger partial charge in [0.05, 0.1) is 10.7 Å². The van der Waals surface area contributed by atoms with E-state index in [2.05, 4.69) is 22.6 Å². The zero-order chi connectivity index (χ0) is 7.72. The molecule has 1 rings (SSSR count). The molecule has 4 heteroatoms. The van der Waals surface area contributed by atoms with E-state index >= 15 is 0 Å². The maximum Gasteiger partial charge on any atom is 0.0769 e. The molecule has 0 saturated heterocycles. The van der Waals surface area contributed by atoms with Crippen LogP contribution in [0.3, 0.4) is 0 Å². The van der Waals surface area contributed by atoms with Crippen molar-refractivity contribution in [2.45, 2.75) is 0 Å². The first kappa shape index (κ1) is 8.43. The molecule has 1 aromatic carbocycles. The molecule has 0 saturated carbocycles. The second kappa shape index (κ2) is 3.15. The highest BCUT2D eigenvalue weighted by Crippen LogP contribution is 2.28. The van der Waals surface area contributed by atoms with Crippen LogP contribution in [0.25, 0.3) is 0 Å². The van der Waals surface area contributed by atoms with Crippen molar-refractivity contribution in [3.63, 3.8) is 0 Å². The molecule has 0 fully saturated rings. The second-order valence-electron chi connectivity index (χ2n) is 1.79. The van der Waals surface area contributed by atoms with E-state index in [1.54, 1.807) is 12.1 Å². The summed E-state index contributed by atoms with van der Waals surface area (Å²) in [4.78, 5) is 0. The molecule has 0 radical (unpaired) electrons. The fourth-order valence-corrected chi connectivity index (χ4v) is 1.74. The van der Waals surface area contributed by atoms with Crippen molar-refractivity contribution in [1.82, 2.24) is 0 Å². The van der Waals surface area contributed by atoms with E-state index in [1.807, 2.05) is 0 Å². The normalized spacial score (nSPS) is 9.90. The highest BCUT2D eigenvalue weighted by Gasteiger charge is 2.01. The number of hydrogen-bond donors (Lipinski definition) is 1. The SMILES string of the molecule is Nc1cc(Cl)cc(I)c1Cl. The molecular weight excluding hydrogens is 284 g/mol. The molecule has 0 aliphatic rings. The van der Waals surface area contributed by atoms with Crippen LogP contribution in [-0.4, -0.2) is 0 Å². The fourth-order valence-electron chi connectivity index (χ4n) is 0.576. The molecule has 0 amide bonds. The summed E-state index contributed by atoms with van der Waals surface area (Å²) in [6.07, 6.45) is 0. The van der Waals surface area contributed by atoms with Gasteiger partial charge >= 0.3 is 0 Å². The molecule has 0 spiro atoms. The predicted octanol–water partition coefficient (Wildman–Crippen LogP) is 3.18. The molecule has 2 N–H and O–H groups in total. The molecule has 0 bridgehead atoms. The zero-order valence-corrected chi connectivity index (χ0v) is 8.54. The topological polar surface area (TPSA) is 26.0 Å². The van der Waals surface area contributed by atoms with Crippen LogP contribution in [0.15, 0.2) is 12.1 Å². The highest BCUT2D eigenvalue weighted by atomic mass is 127. The Bertz CT molecular complexity index is 239. The van der Waals surface area contributed by atoms with Crippen LogP contribution in [0.2, 0.25) is 10.0 Å². The Morgan fingerprint density at radius 3 is 2.40 bits per heavy atom. The summed E-state index contributed by atoms with van der Waals surface area (Å²) in [5.74, 6) is 0. The van der Waals surface area contributed by atoms with Gasteiger partial charge in [0, 0.05) is 8.59 Å². The first-order valence-corrected chi connectivity index (χ1v) is 4.35. The minimum Gasteiger partial charge on any atom is -0.397 e. The molecule has 0 aliphatic heterocycles. The molecule has 0 atom stereocenters. The number of hydrogen-bond acceptors (Lipinski definition) is 1. The van der Waals surface area contributed by atoms with Crippen LogP contribution < -0.4 is 5.73 Å². The summed E-state index contributed by atoms with van der Waals surface area (Å²) in [5.41, 5.74) is 6.03. The Morgan fingerprint density at radius 1 is 1.30 bits per heavy atom. The molecule has 0 unspecified atom stereocenters. The van der Waals surface area contributed by atoms with E-state index in [0.29, 0.717) is 15.7 Å². The molecule has 0 aliphatic carbocycles. The Balaban J connectivity index is 3.31. The van der Waals surface area contributed by atoms with Crippen molar-refractivity contribution >= 4 is 51.5 Å². The molecule has 0 heterocycles.